The van der Waals surface area contributed by atoms with Crippen molar-refractivity contribution in [2.45, 2.75) is 50.3 Å². The first kappa shape index (κ1) is 26.3. The molecule has 0 unspecified atom stereocenters. The van der Waals surface area contributed by atoms with Crippen molar-refractivity contribution in [2.24, 2.45) is 0 Å². The first-order chi connectivity index (χ1) is 16.7. The summed E-state index contributed by atoms with van der Waals surface area (Å²) in [5.74, 6) is -0.715. The van der Waals surface area contributed by atoms with Crippen molar-refractivity contribution in [1.82, 2.24) is 4.98 Å². The predicted molar refractivity (Wildman–Crippen MR) is 134 cm³/mol. The van der Waals surface area contributed by atoms with E-state index in [1.165, 1.54) is 12.1 Å². The summed E-state index contributed by atoms with van der Waals surface area (Å²) in [4.78, 5) is 15.9. The molecule has 0 bridgehead atoms. The van der Waals surface area contributed by atoms with Crippen LogP contribution < -0.4 is 4.74 Å². The second-order valence-electron chi connectivity index (χ2n) is 8.46. The molecular weight excluding hydrogens is 469 g/mol. The molecule has 6 nitrogen and oxygen atoms in total. The molecule has 186 valence electrons. The lowest BCUT2D eigenvalue weighted by Crippen LogP contribution is -2.05. The van der Waals surface area contributed by atoms with E-state index in [0.717, 1.165) is 35.8 Å². The van der Waals surface area contributed by atoms with Gasteiger partial charge in [-0.15, -0.1) is 0 Å². The second-order valence-corrected chi connectivity index (χ2v) is 10.5. The summed E-state index contributed by atoms with van der Waals surface area (Å²) in [5.41, 5.74) is 3.66. The van der Waals surface area contributed by atoms with Crippen molar-refractivity contribution in [1.29, 1.82) is 0 Å². The van der Waals surface area contributed by atoms with E-state index in [-0.39, 0.29) is 17.1 Å². The SMILES string of the molecule is CCCCOc1nc(-c2ccc(F)cc2)c(-c2ccc(S(C)(=O)=O)cc2)cc1CCCCC(=O)O. The second kappa shape index (κ2) is 11.9. The Morgan fingerprint density at radius 1 is 1.00 bits per heavy atom. The zero-order valence-corrected chi connectivity index (χ0v) is 20.8. The normalized spacial score (nSPS) is 11.4. The molecule has 0 aliphatic rings. The number of aliphatic carboxylic acids is 1. The van der Waals surface area contributed by atoms with Gasteiger partial charge in [-0.25, -0.2) is 17.8 Å². The van der Waals surface area contributed by atoms with E-state index in [1.807, 2.05) is 6.07 Å². The maximum Gasteiger partial charge on any atom is 0.303 e. The Kier molecular flexibility index (Phi) is 8.98. The largest absolute Gasteiger partial charge is 0.481 e. The summed E-state index contributed by atoms with van der Waals surface area (Å²) < 4.78 is 43.5. The quantitative estimate of drug-likeness (QED) is 0.310. The van der Waals surface area contributed by atoms with Crippen molar-refractivity contribution in [3.8, 4) is 28.3 Å². The molecule has 3 rings (SSSR count). The number of rotatable bonds is 12. The van der Waals surface area contributed by atoms with Crippen molar-refractivity contribution in [3.05, 3.63) is 66.0 Å². The topological polar surface area (TPSA) is 93.6 Å². The molecule has 0 amide bonds. The van der Waals surface area contributed by atoms with E-state index >= 15 is 0 Å². The molecular formula is C27H30FNO5S. The predicted octanol–water partition coefficient (Wildman–Crippen LogP) is 5.93. The molecule has 1 N–H and O–H groups in total. The van der Waals surface area contributed by atoms with Crippen LogP contribution in [-0.4, -0.2) is 37.3 Å². The van der Waals surface area contributed by atoms with Gasteiger partial charge in [0.05, 0.1) is 17.2 Å². The van der Waals surface area contributed by atoms with E-state index in [2.05, 4.69) is 6.92 Å². The minimum atomic E-state index is -3.34. The van der Waals surface area contributed by atoms with E-state index < -0.39 is 15.8 Å². The van der Waals surface area contributed by atoms with Gasteiger partial charge >= 0.3 is 5.97 Å². The van der Waals surface area contributed by atoms with Gasteiger partial charge in [-0.3, -0.25) is 4.79 Å². The molecule has 0 saturated carbocycles. The summed E-state index contributed by atoms with van der Waals surface area (Å²) >= 11 is 0. The smallest absolute Gasteiger partial charge is 0.303 e. The number of aryl methyl sites for hydroxylation is 1. The van der Waals surface area contributed by atoms with Crippen LogP contribution in [0.15, 0.2) is 59.5 Å². The standard InChI is InChI=1S/C27H30FNO5S/c1-3-4-17-34-27-21(7-5-6-8-25(30)31)18-24(19-11-15-23(16-12-19)35(2,32)33)26(29-27)20-9-13-22(28)14-10-20/h9-16,18H,3-8,17H2,1-2H3,(H,30,31). The lowest BCUT2D eigenvalue weighted by Gasteiger charge is -2.17. The number of carboxylic acids is 1. The van der Waals surface area contributed by atoms with Gasteiger partial charge in [0, 0.05) is 29.4 Å². The Morgan fingerprint density at radius 2 is 1.66 bits per heavy atom. The van der Waals surface area contributed by atoms with Gasteiger partial charge in [-0.05, 0) is 73.7 Å². The third-order valence-electron chi connectivity index (χ3n) is 5.60. The van der Waals surface area contributed by atoms with Crippen molar-refractivity contribution in [2.75, 3.05) is 12.9 Å². The van der Waals surface area contributed by atoms with E-state index in [4.69, 9.17) is 14.8 Å². The number of carboxylic acid groups (broad SMARTS) is 1. The molecule has 2 aromatic carbocycles. The molecule has 1 heterocycles. The number of nitrogens with zero attached hydrogens (tertiary/aromatic N) is 1. The van der Waals surface area contributed by atoms with Crippen molar-refractivity contribution in [3.63, 3.8) is 0 Å². The minimum Gasteiger partial charge on any atom is -0.481 e. The monoisotopic (exact) mass is 499 g/mol. The molecule has 1 aromatic heterocycles. The van der Waals surface area contributed by atoms with Crippen LogP contribution in [0.5, 0.6) is 5.88 Å². The minimum absolute atomic E-state index is 0.0902. The zero-order valence-electron chi connectivity index (χ0n) is 20.0. The van der Waals surface area contributed by atoms with Crippen molar-refractivity contribution >= 4 is 15.8 Å². The number of unbranched alkanes of at least 4 members (excludes halogenated alkanes) is 2. The van der Waals surface area contributed by atoms with Gasteiger partial charge in [-0.1, -0.05) is 25.5 Å². The Bertz CT molecular complexity index is 1260. The van der Waals surface area contributed by atoms with Gasteiger partial charge in [0.25, 0.3) is 0 Å². The number of carbonyl (C=O) groups is 1. The van der Waals surface area contributed by atoms with Crippen LogP contribution in [0.1, 0.15) is 44.6 Å². The lowest BCUT2D eigenvalue weighted by atomic mass is 9.96. The van der Waals surface area contributed by atoms with Crippen LogP contribution in [0.4, 0.5) is 4.39 Å². The summed E-state index contributed by atoms with van der Waals surface area (Å²) in [6.07, 6.45) is 4.84. The molecule has 8 heteroatoms. The number of pyridine rings is 1. The van der Waals surface area contributed by atoms with Crippen LogP contribution in [-0.2, 0) is 21.1 Å². The van der Waals surface area contributed by atoms with Gasteiger partial charge in [0.15, 0.2) is 9.84 Å². The highest BCUT2D eigenvalue weighted by Crippen LogP contribution is 2.36. The van der Waals surface area contributed by atoms with Gasteiger partial charge in [-0.2, -0.15) is 0 Å². The molecule has 0 aliphatic carbocycles. The molecule has 0 saturated heterocycles. The maximum atomic E-state index is 13.6. The number of ether oxygens (including phenoxy) is 1. The summed E-state index contributed by atoms with van der Waals surface area (Å²) in [7, 11) is -3.34. The third-order valence-corrected chi connectivity index (χ3v) is 6.72. The summed E-state index contributed by atoms with van der Waals surface area (Å²) in [6.45, 7) is 2.56. The number of benzene rings is 2. The average Bonchev–Trinajstić information content (AvgIpc) is 2.82. The number of halogens is 1. The highest BCUT2D eigenvalue weighted by molar-refractivity contribution is 7.90. The fourth-order valence-electron chi connectivity index (χ4n) is 3.68. The summed E-state index contributed by atoms with van der Waals surface area (Å²) in [5, 5.41) is 8.96. The van der Waals surface area contributed by atoms with Crippen LogP contribution >= 0.6 is 0 Å². The summed E-state index contributed by atoms with van der Waals surface area (Å²) in [6, 6.07) is 14.6. The van der Waals surface area contributed by atoms with Gasteiger partial charge in [0.2, 0.25) is 5.88 Å². The third kappa shape index (κ3) is 7.36. The lowest BCUT2D eigenvalue weighted by molar-refractivity contribution is -0.137. The Labute approximate surface area is 205 Å². The molecule has 3 aromatic rings. The van der Waals surface area contributed by atoms with E-state index in [9.17, 15) is 17.6 Å². The van der Waals surface area contributed by atoms with Crippen LogP contribution in [0.25, 0.3) is 22.4 Å². The van der Waals surface area contributed by atoms with Crippen molar-refractivity contribution < 1.29 is 27.4 Å². The zero-order chi connectivity index (χ0) is 25.4. The molecule has 0 spiro atoms. The van der Waals surface area contributed by atoms with Crippen LogP contribution in [0.2, 0.25) is 0 Å². The van der Waals surface area contributed by atoms with Gasteiger partial charge < -0.3 is 9.84 Å². The molecule has 0 fully saturated rings. The molecule has 0 aliphatic heterocycles. The number of sulfone groups is 1. The Morgan fingerprint density at radius 3 is 2.26 bits per heavy atom. The fourth-order valence-corrected chi connectivity index (χ4v) is 4.31. The average molecular weight is 500 g/mol. The highest BCUT2D eigenvalue weighted by Gasteiger charge is 2.17. The highest BCUT2D eigenvalue weighted by atomic mass is 32.2. The molecule has 35 heavy (non-hydrogen) atoms. The first-order valence-electron chi connectivity index (χ1n) is 11.6. The number of hydrogen-bond acceptors (Lipinski definition) is 5. The Hall–Kier alpha value is -3.26. The maximum absolute atomic E-state index is 13.6. The Balaban J connectivity index is 2.10. The molecule has 0 atom stereocenters. The fraction of sp³-hybridized carbons (Fsp3) is 0.333. The number of aromatic nitrogens is 1. The molecule has 0 radical (unpaired) electrons. The van der Waals surface area contributed by atoms with E-state index in [1.54, 1.807) is 36.4 Å². The van der Waals surface area contributed by atoms with Crippen LogP contribution in [0.3, 0.4) is 0 Å². The van der Waals surface area contributed by atoms with Gasteiger partial charge in [0.1, 0.15) is 5.82 Å². The first-order valence-corrected chi connectivity index (χ1v) is 13.5. The van der Waals surface area contributed by atoms with E-state index in [0.29, 0.717) is 43.0 Å². The van der Waals surface area contributed by atoms with Crippen LogP contribution in [0, 0.1) is 5.82 Å². The number of hydrogen-bond donors (Lipinski definition) is 1.